The average Bonchev–Trinajstić information content (AvgIpc) is 2.38. The Morgan fingerprint density at radius 2 is 2.10 bits per heavy atom. The van der Waals surface area contributed by atoms with Crippen molar-refractivity contribution in [1.29, 1.82) is 5.26 Å². The topological polar surface area (TPSA) is 68.6 Å². The normalized spacial score (nSPS) is 10.0. The van der Waals surface area contributed by atoms with Gasteiger partial charge in [-0.2, -0.15) is 14.0 Å². The number of esters is 1. The van der Waals surface area contributed by atoms with E-state index in [0.29, 0.717) is 0 Å². The first-order valence-electron chi connectivity index (χ1n) is 5.73. The Labute approximate surface area is 114 Å². The fourth-order valence-electron chi connectivity index (χ4n) is 1.57. The number of rotatable bonds is 6. The first kappa shape index (κ1) is 15.7. The Kier molecular flexibility index (Phi) is 5.72. The standard InChI is InChI=1S/C13H13F2NO4/c1-3-19-12(17)6-8-4-11(20-13(14)15)10(18-2)5-9(8)7-16/h4-5,13H,3,6H2,1-2H3. The van der Waals surface area contributed by atoms with E-state index in [-0.39, 0.29) is 35.7 Å². The largest absolute Gasteiger partial charge is 0.493 e. The number of benzene rings is 1. The fraction of sp³-hybridized carbons (Fsp3) is 0.385. The number of hydrogen-bond donors (Lipinski definition) is 0. The molecule has 0 aliphatic carbocycles. The van der Waals surface area contributed by atoms with Crippen molar-refractivity contribution in [2.45, 2.75) is 20.0 Å². The van der Waals surface area contributed by atoms with Crippen LogP contribution in [0.25, 0.3) is 0 Å². The summed E-state index contributed by atoms with van der Waals surface area (Å²) in [5.74, 6) is -0.799. The van der Waals surface area contributed by atoms with Crippen LogP contribution in [0.2, 0.25) is 0 Å². The number of halogens is 2. The molecule has 0 saturated carbocycles. The molecule has 20 heavy (non-hydrogen) atoms. The van der Waals surface area contributed by atoms with E-state index in [1.165, 1.54) is 19.2 Å². The van der Waals surface area contributed by atoms with Crippen molar-refractivity contribution in [2.24, 2.45) is 0 Å². The van der Waals surface area contributed by atoms with Crippen LogP contribution in [0.15, 0.2) is 12.1 Å². The second kappa shape index (κ2) is 7.28. The molecular weight excluding hydrogens is 272 g/mol. The first-order valence-corrected chi connectivity index (χ1v) is 5.73. The molecule has 7 heteroatoms. The number of alkyl halides is 2. The van der Waals surface area contributed by atoms with Crippen LogP contribution >= 0.6 is 0 Å². The number of carbonyl (C=O) groups is 1. The highest BCUT2D eigenvalue weighted by atomic mass is 19.3. The van der Waals surface area contributed by atoms with Gasteiger partial charge in [-0.25, -0.2) is 0 Å². The van der Waals surface area contributed by atoms with Gasteiger partial charge in [-0.15, -0.1) is 0 Å². The van der Waals surface area contributed by atoms with Crippen molar-refractivity contribution in [3.05, 3.63) is 23.3 Å². The van der Waals surface area contributed by atoms with Gasteiger partial charge in [0.25, 0.3) is 0 Å². The van der Waals surface area contributed by atoms with Crippen molar-refractivity contribution in [1.82, 2.24) is 0 Å². The van der Waals surface area contributed by atoms with Gasteiger partial charge in [0.1, 0.15) is 0 Å². The fourth-order valence-corrected chi connectivity index (χ4v) is 1.57. The Balaban J connectivity index is 3.14. The van der Waals surface area contributed by atoms with Crippen molar-refractivity contribution in [3.8, 4) is 17.6 Å². The number of methoxy groups -OCH3 is 1. The molecule has 0 fully saturated rings. The maximum atomic E-state index is 12.3. The minimum atomic E-state index is -3.03. The summed E-state index contributed by atoms with van der Waals surface area (Å²) in [5.41, 5.74) is 0.374. The summed E-state index contributed by atoms with van der Waals surface area (Å²) in [7, 11) is 1.26. The second-order valence-corrected chi connectivity index (χ2v) is 3.63. The molecule has 0 heterocycles. The molecule has 0 bridgehead atoms. The molecule has 0 aromatic heterocycles. The van der Waals surface area contributed by atoms with Crippen LogP contribution in [0.5, 0.6) is 11.5 Å². The van der Waals surface area contributed by atoms with Crippen molar-refractivity contribution < 1.29 is 27.8 Å². The predicted molar refractivity (Wildman–Crippen MR) is 64.7 cm³/mol. The Hall–Kier alpha value is -2.36. The summed E-state index contributed by atoms with van der Waals surface area (Å²) < 4.78 is 38.5. The maximum Gasteiger partial charge on any atom is 0.387 e. The third-order valence-electron chi connectivity index (χ3n) is 2.37. The van der Waals surface area contributed by atoms with E-state index in [2.05, 4.69) is 4.74 Å². The van der Waals surface area contributed by atoms with E-state index in [1.54, 1.807) is 6.92 Å². The van der Waals surface area contributed by atoms with Gasteiger partial charge in [-0.05, 0) is 18.6 Å². The molecule has 1 aromatic rings. The number of carbonyl (C=O) groups excluding carboxylic acids is 1. The highest BCUT2D eigenvalue weighted by Gasteiger charge is 2.17. The van der Waals surface area contributed by atoms with Crippen molar-refractivity contribution in [2.75, 3.05) is 13.7 Å². The van der Waals surface area contributed by atoms with Crippen LogP contribution in [0, 0.1) is 11.3 Å². The average molecular weight is 285 g/mol. The molecule has 0 amide bonds. The Morgan fingerprint density at radius 3 is 2.60 bits per heavy atom. The molecule has 0 unspecified atom stereocenters. The molecule has 5 nitrogen and oxygen atoms in total. The third-order valence-corrected chi connectivity index (χ3v) is 2.37. The minimum Gasteiger partial charge on any atom is -0.493 e. The van der Waals surface area contributed by atoms with Gasteiger partial charge in [0, 0.05) is 6.07 Å². The van der Waals surface area contributed by atoms with Crippen molar-refractivity contribution >= 4 is 5.97 Å². The zero-order chi connectivity index (χ0) is 15.1. The van der Waals surface area contributed by atoms with Crippen LogP contribution < -0.4 is 9.47 Å². The van der Waals surface area contributed by atoms with Gasteiger partial charge >= 0.3 is 12.6 Å². The van der Waals surface area contributed by atoms with Gasteiger partial charge < -0.3 is 14.2 Å². The molecule has 0 aliphatic rings. The van der Waals surface area contributed by atoms with E-state index in [9.17, 15) is 13.6 Å². The van der Waals surface area contributed by atoms with Gasteiger partial charge in [0.2, 0.25) is 0 Å². The lowest BCUT2D eigenvalue weighted by Crippen LogP contribution is -2.10. The summed E-state index contributed by atoms with van der Waals surface area (Å²) in [6, 6.07) is 4.29. The lowest BCUT2D eigenvalue weighted by molar-refractivity contribution is -0.142. The number of nitrogens with zero attached hydrogens (tertiary/aromatic N) is 1. The predicted octanol–water partition coefficient (Wildman–Crippen LogP) is 2.27. The molecule has 1 aromatic carbocycles. The van der Waals surface area contributed by atoms with Crippen LogP contribution in [0.1, 0.15) is 18.1 Å². The molecular formula is C13H13F2NO4. The van der Waals surface area contributed by atoms with Gasteiger partial charge in [-0.1, -0.05) is 0 Å². The number of nitriles is 1. The lowest BCUT2D eigenvalue weighted by Gasteiger charge is -2.12. The molecule has 0 aliphatic heterocycles. The summed E-state index contributed by atoms with van der Waals surface area (Å²) in [5, 5.41) is 9.01. The lowest BCUT2D eigenvalue weighted by atomic mass is 10.0. The number of hydrogen-bond acceptors (Lipinski definition) is 5. The van der Waals surface area contributed by atoms with E-state index in [0.717, 1.165) is 0 Å². The summed E-state index contributed by atoms with van der Waals surface area (Å²) in [6.45, 7) is -1.20. The molecule has 0 radical (unpaired) electrons. The maximum absolute atomic E-state index is 12.3. The monoisotopic (exact) mass is 285 g/mol. The molecule has 0 spiro atoms. The second-order valence-electron chi connectivity index (χ2n) is 3.63. The summed E-state index contributed by atoms with van der Waals surface area (Å²) >= 11 is 0. The van der Waals surface area contributed by atoms with Crippen LogP contribution in [-0.2, 0) is 16.0 Å². The summed E-state index contributed by atoms with van der Waals surface area (Å²) in [4.78, 5) is 11.4. The van der Waals surface area contributed by atoms with E-state index in [1.807, 2.05) is 6.07 Å². The van der Waals surface area contributed by atoms with Gasteiger partial charge in [0.05, 0.1) is 31.8 Å². The Morgan fingerprint density at radius 1 is 1.40 bits per heavy atom. The number of ether oxygens (including phenoxy) is 3. The highest BCUT2D eigenvalue weighted by Crippen LogP contribution is 2.32. The van der Waals surface area contributed by atoms with Crippen LogP contribution in [0.3, 0.4) is 0 Å². The SMILES string of the molecule is CCOC(=O)Cc1cc(OC(F)F)c(OC)cc1C#N. The molecule has 108 valence electrons. The van der Waals surface area contributed by atoms with E-state index < -0.39 is 12.6 Å². The Bertz CT molecular complexity index is 526. The zero-order valence-electron chi connectivity index (χ0n) is 11.0. The molecule has 1 rings (SSSR count). The highest BCUT2D eigenvalue weighted by molar-refractivity contribution is 5.74. The smallest absolute Gasteiger partial charge is 0.387 e. The molecule has 0 N–H and O–H groups in total. The zero-order valence-corrected chi connectivity index (χ0v) is 11.0. The third kappa shape index (κ3) is 4.09. The summed E-state index contributed by atoms with van der Waals surface area (Å²) in [6.07, 6.45) is -0.208. The van der Waals surface area contributed by atoms with E-state index >= 15 is 0 Å². The minimum absolute atomic E-state index is 0.00513. The van der Waals surface area contributed by atoms with Gasteiger partial charge in [-0.3, -0.25) is 4.79 Å². The molecule has 0 saturated heterocycles. The van der Waals surface area contributed by atoms with Crippen LogP contribution in [-0.4, -0.2) is 26.3 Å². The van der Waals surface area contributed by atoms with Crippen LogP contribution in [0.4, 0.5) is 8.78 Å². The van der Waals surface area contributed by atoms with E-state index in [4.69, 9.17) is 14.7 Å². The van der Waals surface area contributed by atoms with Gasteiger partial charge in [0.15, 0.2) is 11.5 Å². The molecule has 0 atom stereocenters. The van der Waals surface area contributed by atoms with Crippen molar-refractivity contribution in [3.63, 3.8) is 0 Å². The quantitative estimate of drug-likeness (QED) is 0.750. The first-order chi connectivity index (χ1) is 9.51.